The standard InChI is InChI=1S/C10H13N3O3/c14-8(15)5-11-10(16)7-3-1-2-6-4-12-13-9(6)7/h4,7H,1-3,5H2,(H,11,16)(H,12,13)(H,14,15). The van der Waals surface area contributed by atoms with Crippen molar-refractivity contribution < 1.29 is 14.7 Å². The van der Waals surface area contributed by atoms with E-state index in [-0.39, 0.29) is 18.4 Å². The highest BCUT2D eigenvalue weighted by atomic mass is 16.4. The van der Waals surface area contributed by atoms with Crippen LogP contribution in [0.2, 0.25) is 0 Å². The Bertz CT molecular complexity index is 413. The van der Waals surface area contributed by atoms with Crippen LogP contribution in [-0.4, -0.2) is 33.7 Å². The largest absolute Gasteiger partial charge is 0.480 e. The van der Waals surface area contributed by atoms with Crippen LogP contribution in [0, 0.1) is 0 Å². The number of hydrogen-bond donors (Lipinski definition) is 3. The van der Waals surface area contributed by atoms with Gasteiger partial charge >= 0.3 is 5.97 Å². The highest BCUT2D eigenvalue weighted by molar-refractivity contribution is 5.86. The Balaban J connectivity index is 2.06. The molecule has 1 aliphatic rings. The van der Waals surface area contributed by atoms with Gasteiger partial charge in [-0.1, -0.05) is 0 Å². The Morgan fingerprint density at radius 3 is 3.19 bits per heavy atom. The van der Waals surface area contributed by atoms with E-state index in [1.165, 1.54) is 0 Å². The number of aromatic nitrogens is 2. The van der Waals surface area contributed by atoms with Crippen molar-refractivity contribution in [2.75, 3.05) is 6.54 Å². The minimum Gasteiger partial charge on any atom is -0.480 e. The smallest absolute Gasteiger partial charge is 0.322 e. The van der Waals surface area contributed by atoms with Crippen molar-refractivity contribution in [1.29, 1.82) is 0 Å². The second-order valence-electron chi connectivity index (χ2n) is 3.87. The maximum absolute atomic E-state index is 11.7. The van der Waals surface area contributed by atoms with Gasteiger partial charge in [0.1, 0.15) is 6.54 Å². The van der Waals surface area contributed by atoms with Crippen LogP contribution in [0.3, 0.4) is 0 Å². The summed E-state index contributed by atoms with van der Waals surface area (Å²) in [5, 5.41) is 17.6. The molecule has 6 heteroatoms. The number of hydrogen-bond acceptors (Lipinski definition) is 3. The molecule has 1 heterocycles. The van der Waals surface area contributed by atoms with Crippen molar-refractivity contribution in [2.45, 2.75) is 25.2 Å². The molecule has 0 aromatic carbocycles. The summed E-state index contributed by atoms with van der Waals surface area (Å²) in [6.07, 6.45) is 4.32. The molecule has 0 saturated heterocycles. The van der Waals surface area contributed by atoms with Crippen LogP contribution in [0.5, 0.6) is 0 Å². The van der Waals surface area contributed by atoms with E-state index in [9.17, 15) is 9.59 Å². The number of amides is 1. The van der Waals surface area contributed by atoms with Crippen LogP contribution in [0.25, 0.3) is 0 Å². The summed E-state index contributed by atoms with van der Waals surface area (Å²) in [5.41, 5.74) is 1.89. The summed E-state index contributed by atoms with van der Waals surface area (Å²) in [5.74, 6) is -1.56. The van der Waals surface area contributed by atoms with Crippen LogP contribution >= 0.6 is 0 Å². The highest BCUT2D eigenvalue weighted by Crippen LogP contribution is 2.29. The molecular formula is C10H13N3O3. The Labute approximate surface area is 92.0 Å². The third kappa shape index (κ3) is 2.05. The molecule has 1 atom stereocenters. The number of nitrogens with zero attached hydrogens (tertiary/aromatic N) is 1. The Kier molecular flexibility index (Phi) is 2.89. The first-order valence-electron chi connectivity index (χ1n) is 5.20. The fourth-order valence-electron chi connectivity index (χ4n) is 2.01. The molecule has 1 unspecified atom stereocenters. The van der Waals surface area contributed by atoms with Gasteiger partial charge in [0.2, 0.25) is 5.91 Å². The molecule has 1 aromatic heterocycles. The van der Waals surface area contributed by atoms with Crippen LogP contribution < -0.4 is 5.32 Å². The van der Waals surface area contributed by atoms with Gasteiger partial charge in [-0.15, -0.1) is 0 Å². The monoisotopic (exact) mass is 223 g/mol. The molecule has 1 aliphatic carbocycles. The maximum atomic E-state index is 11.7. The SMILES string of the molecule is O=C(O)CNC(=O)C1CCCc2cn[nH]c21. The summed E-state index contributed by atoms with van der Waals surface area (Å²) in [7, 11) is 0. The first kappa shape index (κ1) is 10.7. The van der Waals surface area contributed by atoms with Gasteiger partial charge in [-0.3, -0.25) is 14.7 Å². The van der Waals surface area contributed by atoms with Gasteiger partial charge in [0.15, 0.2) is 0 Å². The zero-order chi connectivity index (χ0) is 11.5. The van der Waals surface area contributed by atoms with E-state index in [2.05, 4.69) is 15.5 Å². The number of aliphatic carboxylic acids is 1. The normalized spacial score (nSPS) is 18.9. The molecule has 6 nitrogen and oxygen atoms in total. The molecule has 1 aromatic rings. The average molecular weight is 223 g/mol. The van der Waals surface area contributed by atoms with Crippen molar-refractivity contribution in [1.82, 2.24) is 15.5 Å². The van der Waals surface area contributed by atoms with Gasteiger partial charge < -0.3 is 10.4 Å². The molecule has 86 valence electrons. The number of fused-ring (bicyclic) bond motifs is 1. The molecule has 0 spiro atoms. The van der Waals surface area contributed by atoms with Crippen molar-refractivity contribution in [3.63, 3.8) is 0 Å². The number of carbonyl (C=O) groups excluding carboxylic acids is 1. The number of nitrogens with one attached hydrogen (secondary N) is 2. The molecule has 0 fully saturated rings. The van der Waals surface area contributed by atoms with E-state index >= 15 is 0 Å². The first-order valence-corrected chi connectivity index (χ1v) is 5.20. The summed E-state index contributed by atoms with van der Waals surface area (Å²) >= 11 is 0. The van der Waals surface area contributed by atoms with E-state index in [0.29, 0.717) is 0 Å². The summed E-state index contributed by atoms with van der Waals surface area (Å²) in [4.78, 5) is 22.1. The average Bonchev–Trinajstić information content (AvgIpc) is 2.73. The molecule has 0 radical (unpaired) electrons. The lowest BCUT2D eigenvalue weighted by Gasteiger charge is -2.20. The molecule has 0 saturated carbocycles. The van der Waals surface area contributed by atoms with Crippen LogP contribution in [-0.2, 0) is 16.0 Å². The third-order valence-corrected chi connectivity index (χ3v) is 2.77. The van der Waals surface area contributed by atoms with Gasteiger partial charge in [-0.2, -0.15) is 5.10 Å². The summed E-state index contributed by atoms with van der Waals surface area (Å²) < 4.78 is 0. The van der Waals surface area contributed by atoms with Crippen molar-refractivity contribution in [3.05, 3.63) is 17.5 Å². The number of H-pyrrole nitrogens is 1. The van der Waals surface area contributed by atoms with E-state index in [4.69, 9.17) is 5.11 Å². The lowest BCUT2D eigenvalue weighted by Crippen LogP contribution is -2.34. The van der Waals surface area contributed by atoms with Gasteiger partial charge in [-0.25, -0.2) is 0 Å². The second-order valence-corrected chi connectivity index (χ2v) is 3.87. The van der Waals surface area contributed by atoms with Crippen LogP contribution in [0.1, 0.15) is 30.0 Å². The predicted octanol–water partition coefficient (Wildman–Crippen LogP) is 0.0304. The number of rotatable bonds is 3. The number of carbonyl (C=O) groups is 2. The van der Waals surface area contributed by atoms with Crippen LogP contribution in [0.15, 0.2) is 6.20 Å². The second kappa shape index (κ2) is 4.34. The molecule has 2 rings (SSSR count). The number of aromatic amines is 1. The van der Waals surface area contributed by atoms with Gasteiger partial charge in [0.25, 0.3) is 0 Å². The zero-order valence-corrected chi connectivity index (χ0v) is 8.69. The van der Waals surface area contributed by atoms with E-state index < -0.39 is 5.97 Å². The molecule has 0 bridgehead atoms. The third-order valence-electron chi connectivity index (χ3n) is 2.77. The number of carboxylic acids is 1. The van der Waals surface area contributed by atoms with Gasteiger partial charge in [-0.05, 0) is 24.8 Å². The Morgan fingerprint density at radius 1 is 1.62 bits per heavy atom. The zero-order valence-electron chi connectivity index (χ0n) is 8.69. The topological polar surface area (TPSA) is 95.1 Å². The van der Waals surface area contributed by atoms with Crippen molar-refractivity contribution in [3.8, 4) is 0 Å². The Morgan fingerprint density at radius 2 is 2.44 bits per heavy atom. The lowest BCUT2D eigenvalue weighted by molar-refractivity contribution is -0.138. The minimum atomic E-state index is -1.03. The molecule has 16 heavy (non-hydrogen) atoms. The van der Waals surface area contributed by atoms with Crippen molar-refractivity contribution in [2.24, 2.45) is 0 Å². The number of aryl methyl sites for hydroxylation is 1. The number of carboxylic acid groups (broad SMARTS) is 1. The van der Waals surface area contributed by atoms with E-state index in [1.54, 1.807) is 6.20 Å². The lowest BCUT2D eigenvalue weighted by atomic mass is 9.87. The summed E-state index contributed by atoms with van der Waals surface area (Å²) in [6, 6.07) is 0. The molecule has 1 amide bonds. The van der Waals surface area contributed by atoms with E-state index in [1.807, 2.05) is 0 Å². The fourth-order valence-corrected chi connectivity index (χ4v) is 2.01. The maximum Gasteiger partial charge on any atom is 0.322 e. The first-order chi connectivity index (χ1) is 7.68. The molecule has 3 N–H and O–H groups in total. The molecular weight excluding hydrogens is 210 g/mol. The minimum absolute atomic E-state index is 0.243. The van der Waals surface area contributed by atoms with Crippen molar-refractivity contribution >= 4 is 11.9 Å². The van der Waals surface area contributed by atoms with E-state index in [0.717, 1.165) is 30.5 Å². The quantitative estimate of drug-likeness (QED) is 0.673. The predicted molar refractivity (Wildman–Crippen MR) is 54.9 cm³/mol. The molecule has 0 aliphatic heterocycles. The fraction of sp³-hybridized carbons (Fsp3) is 0.500. The van der Waals surface area contributed by atoms with Gasteiger partial charge in [0, 0.05) is 0 Å². The highest BCUT2D eigenvalue weighted by Gasteiger charge is 2.28. The van der Waals surface area contributed by atoms with Gasteiger partial charge in [0.05, 0.1) is 17.8 Å². The van der Waals surface area contributed by atoms with Crippen LogP contribution in [0.4, 0.5) is 0 Å². The Hall–Kier alpha value is -1.85. The summed E-state index contributed by atoms with van der Waals surface area (Å²) in [6.45, 7) is -0.335.